The van der Waals surface area contributed by atoms with Gasteiger partial charge in [0.05, 0.1) is 6.42 Å². The summed E-state index contributed by atoms with van der Waals surface area (Å²) in [6, 6.07) is 3.38. The van der Waals surface area contributed by atoms with Crippen LogP contribution < -0.4 is 5.32 Å². The number of hydrogen-bond acceptors (Lipinski definition) is 5. The lowest BCUT2D eigenvalue weighted by Crippen LogP contribution is -2.16. The monoisotopic (exact) mass is 302 g/mol. The fourth-order valence-electron chi connectivity index (χ4n) is 1.33. The molecule has 0 aliphatic carbocycles. The van der Waals surface area contributed by atoms with Crippen LogP contribution in [-0.2, 0) is 4.79 Å². The Labute approximate surface area is 116 Å². The molecule has 0 saturated heterocycles. The van der Waals surface area contributed by atoms with Gasteiger partial charge in [-0.3, -0.25) is 9.78 Å². The van der Waals surface area contributed by atoms with Crippen molar-refractivity contribution in [3.8, 4) is 11.4 Å². The van der Waals surface area contributed by atoms with Gasteiger partial charge in [0.1, 0.15) is 0 Å². The van der Waals surface area contributed by atoms with Crippen molar-refractivity contribution in [1.82, 2.24) is 14.3 Å². The van der Waals surface area contributed by atoms with Gasteiger partial charge in [-0.1, -0.05) is 0 Å². The molecule has 0 unspecified atom stereocenters. The molecule has 2 heterocycles. The van der Waals surface area contributed by atoms with E-state index in [0.717, 1.165) is 11.5 Å². The Morgan fingerprint density at radius 1 is 1.30 bits per heavy atom. The summed E-state index contributed by atoms with van der Waals surface area (Å²) >= 11 is 0.911. The maximum absolute atomic E-state index is 12.0. The summed E-state index contributed by atoms with van der Waals surface area (Å²) in [5.74, 6) is -0.344. The van der Waals surface area contributed by atoms with Crippen LogP contribution in [0.25, 0.3) is 11.4 Å². The molecule has 0 aliphatic heterocycles. The van der Waals surface area contributed by atoms with Gasteiger partial charge in [0.2, 0.25) is 11.0 Å². The third kappa shape index (κ3) is 4.26. The van der Waals surface area contributed by atoms with Gasteiger partial charge in [0.25, 0.3) is 0 Å². The highest BCUT2D eigenvalue weighted by Gasteiger charge is 2.28. The van der Waals surface area contributed by atoms with E-state index in [1.165, 1.54) is 0 Å². The molecular formula is C11H9F3N4OS. The van der Waals surface area contributed by atoms with Gasteiger partial charge in [-0.15, -0.1) is 0 Å². The number of aromatic nitrogens is 3. The number of carbonyl (C=O) groups excluding carboxylic acids is 1. The van der Waals surface area contributed by atoms with E-state index in [2.05, 4.69) is 19.7 Å². The van der Waals surface area contributed by atoms with Crippen LogP contribution in [0.1, 0.15) is 12.8 Å². The molecule has 0 bridgehead atoms. The molecule has 9 heteroatoms. The molecule has 0 radical (unpaired) electrons. The molecule has 2 rings (SSSR count). The third-order valence-electron chi connectivity index (χ3n) is 2.25. The fraction of sp³-hybridized carbons (Fsp3) is 0.273. The Morgan fingerprint density at radius 3 is 2.65 bits per heavy atom. The topological polar surface area (TPSA) is 67.8 Å². The van der Waals surface area contributed by atoms with E-state index in [1.807, 2.05) is 0 Å². The molecule has 1 N–H and O–H groups in total. The maximum atomic E-state index is 12.0. The SMILES string of the molecule is O=C(CCC(F)(F)F)Nc1nc(-c2ccncc2)ns1. The van der Waals surface area contributed by atoms with E-state index in [1.54, 1.807) is 24.5 Å². The molecule has 0 saturated carbocycles. The van der Waals surface area contributed by atoms with Crippen LogP contribution in [0.2, 0.25) is 0 Å². The first kappa shape index (κ1) is 14.4. The van der Waals surface area contributed by atoms with Crippen LogP contribution >= 0.6 is 11.5 Å². The summed E-state index contributed by atoms with van der Waals surface area (Å²) in [4.78, 5) is 19.2. The van der Waals surface area contributed by atoms with Crippen LogP contribution in [0.3, 0.4) is 0 Å². The summed E-state index contributed by atoms with van der Waals surface area (Å²) in [7, 11) is 0. The molecule has 0 spiro atoms. The lowest BCUT2D eigenvalue weighted by Gasteiger charge is -2.04. The van der Waals surface area contributed by atoms with E-state index in [0.29, 0.717) is 11.4 Å². The molecular weight excluding hydrogens is 293 g/mol. The van der Waals surface area contributed by atoms with Crippen molar-refractivity contribution in [2.24, 2.45) is 0 Å². The molecule has 2 aromatic heterocycles. The maximum Gasteiger partial charge on any atom is 0.389 e. The van der Waals surface area contributed by atoms with Crippen LogP contribution in [0.5, 0.6) is 0 Å². The summed E-state index contributed by atoms with van der Waals surface area (Å²) in [5, 5.41) is 2.47. The van der Waals surface area contributed by atoms with Crippen molar-refractivity contribution < 1.29 is 18.0 Å². The number of alkyl halides is 3. The second-order valence-electron chi connectivity index (χ2n) is 3.82. The molecule has 0 aliphatic rings. The van der Waals surface area contributed by atoms with Gasteiger partial charge in [0.15, 0.2) is 5.82 Å². The Balaban J connectivity index is 1.95. The number of nitrogens with zero attached hydrogens (tertiary/aromatic N) is 3. The Kier molecular flexibility index (Phi) is 4.28. The van der Waals surface area contributed by atoms with Crippen LogP contribution in [-0.4, -0.2) is 26.4 Å². The minimum absolute atomic E-state index is 0.170. The summed E-state index contributed by atoms with van der Waals surface area (Å²) in [5.41, 5.74) is 0.715. The quantitative estimate of drug-likeness (QED) is 0.943. The number of rotatable bonds is 4. The lowest BCUT2D eigenvalue weighted by atomic mass is 10.2. The van der Waals surface area contributed by atoms with E-state index < -0.39 is 24.9 Å². The number of carbonyl (C=O) groups is 1. The zero-order chi connectivity index (χ0) is 14.6. The Bertz CT molecular complexity index is 585. The fourth-order valence-corrected chi connectivity index (χ4v) is 1.94. The van der Waals surface area contributed by atoms with Gasteiger partial charge >= 0.3 is 6.18 Å². The number of hydrogen-bond donors (Lipinski definition) is 1. The number of anilines is 1. The molecule has 20 heavy (non-hydrogen) atoms. The number of pyridine rings is 1. The first-order chi connectivity index (χ1) is 9.44. The van der Waals surface area contributed by atoms with Crippen molar-refractivity contribution in [2.75, 3.05) is 5.32 Å². The number of nitrogens with one attached hydrogen (secondary N) is 1. The van der Waals surface area contributed by atoms with Crippen molar-refractivity contribution in [3.05, 3.63) is 24.5 Å². The van der Waals surface area contributed by atoms with Crippen molar-refractivity contribution >= 4 is 22.6 Å². The van der Waals surface area contributed by atoms with Gasteiger partial charge in [-0.05, 0) is 12.1 Å². The summed E-state index contributed by atoms with van der Waals surface area (Å²) < 4.78 is 39.9. The average Bonchev–Trinajstić information content (AvgIpc) is 2.85. The minimum Gasteiger partial charge on any atom is -0.301 e. The minimum atomic E-state index is -4.35. The molecule has 106 valence electrons. The Hall–Kier alpha value is -2.03. The van der Waals surface area contributed by atoms with E-state index in [-0.39, 0.29) is 5.13 Å². The van der Waals surface area contributed by atoms with Crippen molar-refractivity contribution in [2.45, 2.75) is 19.0 Å². The molecule has 2 aromatic rings. The summed E-state index contributed by atoms with van der Waals surface area (Å²) in [6.45, 7) is 0. The highest BCUT2D eigenvalue weighted by molar-refractivity contribution is 7.10. The lowest BCUT2D eigenvalue weighted by molar-refractivity contribution is -0.142. The van der Waals surface area contributed by atoms with Crippen molar-refractivity contribution in [1.29, 1.82) is 0 Å². The molecule has 0 atom stereocenters. The zero-order valence-electron chi connectivity index (χ0n) is 10.0. The van der Waals surface area contributed by atoms with E-state index in [4.69, 9.17) is 0 Å². The first-order valence-electron chi connectivity index (χ1n) is 5.55. The van der Waals surface area contributed by atoms with Crippen LogP contribution in [0.4, 0.5) is 18.3 Å². The summed E-state index contributed by atoms with van der Waals surface area (Å²) in [6.07, 6.45) is -3.00. The Morgan fingerprint density at radius 2 is 2.00 bits per heavy atom. The molecule has 1 amide bonds. The molecule has 0 fully saturated rings. The molecule has 5 nitrogen and oxygen atoms in total. The second-order valence-corrected chi connectivity index (χ2v) is 4.57. The van der Waals surface area contributed by atoms with Crippen molar-refractivity contribution in [3.63, 3.8) is 0 Å². The van der Waals surface area contributed by atoms with E-state index >= 15 is 0 Å². The smallest absolute Gasteiger partial charge is 0.301 e. The molecule has 0 aromatic carbocycles. The third-order valence-corrected chi connectivity index (χ3v) is 2.88. The predicted octanol–water partition coefficient (Wildman–Crippen LogP) is 2.88. The van der Waals surface area contributed by atoms with Gasteiger partial charge in [-0.25, -0.2) is 0 Å². The van der Waals surface area contributed by atoms with Gasteiger partial charge < -0.3 is 5.32 Å². The average molecular weight is 302 g/mol. The van der Waals surface area contributed by atoms with E-state index in [9.17, 15) is 18.0 Å². The normalized spacial score (nSPS) is 11.3. The van der Waals surface area contributed by atoms with Gasteiger partial charge in [-0.2, -0.15) is 22.5 Å². The van der Waals surface area contributed by atoms with Crippen LogP contribution in [0.15, 0.2) is 24.5 Å². The standard InChI is InChI=1S/C11H9F3N4OS/c12-11(13,14)4-1-8(19)16-10-17-9(18-20-10)7-2-5-15-6-3-7/h2-3,5-6H,1,4H2,(H,16,17,18,19). The van der Waals surface area contributed by atoms with Crippen LogP contribution in [0, 0.1) is 0 Å². The first-order valence-corrected chi connectivity index (χ1v) is 6.32. The highest BCUT2D eigenvalue weighted by atomic mass is 32.1. The highest BCUT2D eigenvalue weighted by Crippen LogP contribution is 2.23. The number of amides is 1. The van der Waals surface area contributed by atoms with Gasteiger partial charge in [0, 0.05) is 35.9 Å². The predicted molar refractivity (Wildman–Crippen MR) is 67.1 cm³/mol. The largest absolute Gasteiger partial charge is 0.389 e. The number of halogens is 3. The zero-order valence-corrected chi connectivity index (χ0v) is 10.8. The second kappa shape index (κ2) is 5.95.